The van der Waals surface area contributed by atoms with Gasteiger partial charge in [0.1, 0.15) is 0 Å². The van der Waals surface area contributed by atoms with Gasteiger partial charge in [0.05, 0.1) is 18.7 Å². The zero-order valence-corrected chi connectivity index (χ0v) is 16.7. The normalized spacial score (nSPS) is 14.1. The van der Waals surface area contributed by atoms with Crippen LogP contribution in [0.4, 0.5) is 10.5 Å². The number of aryl methyl sites for hydroxylation is 2. The van der Waals surface area contributed by atoms with E-state index in [2.05, 4.69) is 20.4 Å². The summed E-state index contributed by atoms with van der Waals surface area (Å²) in [4.78, 5) is 45.6. The van der Waals surface area contributed by atoms with E-state index in [4.69, 9.17) is 0 Å². The zero-order chi connectivity index (χ0) is 20.5. The number of fused-ring (bicyclic) bond motifs is 1. The first-order valence-electron chi connectivity index (χ1n) is 8.95. The molecule has 4 rings (SSSR count). The number of nitrogens with zero attached hydrogens (tertiary/aromatic N) is 5. The summed E-state index contributed by atoms with van der Waals surface area (Å²) in [6.07, 6.45) is 0.0254. The molecule has 3 heterocycles. The van der Waals surface area contributed by atoms with Crippen molar-refractivity contribution in [1.82, 2.24) is 24.5 Å². The van der Waals surface area contributed by atoms with Gasteiger partial charge in [-0.2, -0.15) is 4.98 Å². The first-order valence-corrected chi connectivity index (χ1v) is 9.93. The van der Waals surface area contributed by atoms with Gasteiger partial charge in [-0.3, -0.25) is 19.3 Å². The maximum atomic E-state index is 12.3. The first kappa shape index (κ1) is 19.1. The Morgan fingerprint density at radius 1 is 1.17 bits per heavy atom. The van der Waals surface area contributed by atoms with Gasteiger partial charge in [0.2, 0.25) is 11.8 Å². The minimum absolute atomic E-state index is 0.0254. The highest BCUT2D eigenvalue weighted by molar-refractivity contribution is 8.14. The molecule has 10 heteroatoms. The number of thioether (sulfide) groups is 1. The van der Waals surface area contributed by atoms with Crippen molar-refractivity contribution >= 4 is 40.3 Å². The molecule has 0 atom stereocenters. The van der Waals surface area contributed by atoms with E-state index in [9.17, 15) is 14.4 Å². The summed E-state index contributed by atoms with van der Waals surface area (Å²) >= 11 is 1.01. The molecule has 148 valence electrons. The van der Waals surface area contributed by atoms with Crippen LogP contribution in [0.2, 0.25) is 0 Å². The van der Waals surface area contributed by atoms with E-state index in [0.29, 0.717) is 17.3 Å². The maximum Gasteiger partial charge on any atom is 0.289 e. The fraction of sp³-hybridized carbons (Fsp3) is 0.263. The topological polar surface area (TPSA) is 110 Å². The summed E-state index contributed by atoms with van der Waals surface area (Å²) in [5.74, 6) is 0.628. The van der Waals surface area contributed by atoms with Crippen LogP contribution in [0.25, 0.3) is 5.78 Å². The van der Waals surface area contributed by atoms with Gasteiger partial charge >= 0.3 is 0 Å². The minimum Gasteiger partial charge on any atom is -0.326 e. The third kappa shape index (κ3) is 4.11. The predicted molar refractivity (Wildman–Crippen MR) is 107 cm³/mol. The Bertz CT molecular complexity index is 1110. The number of imide groups is 1. The molecule has 9 nitrogen and oxygen atoms in total. The van der Waals surface area contributed by atoms with Crippen LogP contribution in [0.1, 0.15) is 22.8 Å². The number of hydrogen-bond donors (Lipinski definition) is 1. The molecule has 0 bridgehead atoms. The Labute approximate surface area is 170 Å². The van der Waals surface area contributed by atoms with E-state index in [-0.39, 0.29) is 35.8 Å². The van der Waals surface area contributed by atoms with E-state index in [1.807, 2.05) is 19.9 Å². The fourth-order valence-corrected chi connectivity index (χ4v) is 3.77. The van der Waals surface area contributed by atoms with Crippen LogP contribution in [0.15, 0.2) is 30.3 Å². The van der Waals surface area contributed by atoms with Crippen molar-refractivity contribution in [2.24, 2.45) is 0 Å². The Hall–Kier alpha value is -3.27. The summed E-state index contributed by atoms with van der Waals surface area (Å²) < 4.78 is 1.61. The molecular weight excluding hydrogens is 392 g/mol. The number of carbonyl (C=O) groups is 3. The molecule has 0 spiro atoms. The van der Waals surface area contributed by atoms with E-state index < -0.39 is 0 Å². The first-order chi connectivity index (χ1) is 13.9. The molecular formula is C19H18N6O3S. The van der Waals surface area contributed by atoms with Crippen LogP contribution in [-0.4, -0.2) is 47.3 Å². The third-order valence-corrected chi connectivity index (χ3v) is 5.26. The van der Waals surface area contributed by atoms with Gasteiger partial charge in [0.25, 0.3) is 11.0 Å². The van der Waals surface area contributed by atoms with Gasteiger partial charge in [-0.05, 0) is 37.6 Å². The van der Waals surface area contributed by atoms with Gasteiger partial charge < -0.3 is 5.32 Å². The number of rotatable bonds is 5. The number of carbonyl (C=O) groups excluding carboxylic acids is 3. The lowest BCUT2D eigenvalue weighted by Crippen LogP contribution is -2.27. The molecule has 0 unspecified atom stereocenters. The highest BCUT2D eigenvalue weighted by atomic mass is 32.2. The lowest BCUT2D eigenvalue weighted by molar-refractivity contribution is -0.125. The Kier molecular flexibility index (Phi) is 5.01. The predicted octanol–water partition coefficient (Wildman–Crippen LogP) is 2.12. The van der Waals surface area contributed by atoms with Gasteiger partial charge in [-0.1, -0.05) is 23.9 Å². The molecule has 0 saturated carbocycles. The second-order valence-corrected chi connectivity index (χ2v) is 7.66. The van der Waals surface area contributed by atoms with Crippen molar-refractivity contribution in [3.63, 3.8) is 0 Å². The second kappa shape index (κ2) is 7.63. The van der Waals surface area contributed by atoms with E-state index in [1.165, 1.54) is 4.90 Å². The number of benzene rings is 1. The van der Waals surface area contributed by atoms with Gasteiger partial charge in [-0.25, -0.2) is 9.50 Å². The summed E-state index contributed by atoms with van der Waals surface area (Å²) in [7, 11) is 0. The molecule has 1 aromatic carbocycles. The molecule has 29 heavy (non-hydrogen) atoms. The molecule has 1 saturated heterocycles. The van der Waals surface area contributed by atoms with Crippen molar-refractivity contribution in [2.75, 3.05) is 11.1 Å². The van der Waals surface area contributed by atoms with Crippen molar-refractivity contribution in [3.8, 4) is 0 Å². The molecule has 2 aromatic heterocycles. The van der Waals surface area contributed by atoms with E-state index >= 15 is 0 Å². The number of aromatic nitrogens is 4. The van der Waals surface area contributed by atoms with E-state index in [1.54, 1.807) is 28.8 Å². The van der Waals surface area contributed by atoms with Crippen LogP contribution in [0.5, 0.6) is 0 Å². The smallest absolute Gasteiger partial charge is 0.289 e. The average molecular weight is 410 g/mol. The number of hydrogen-bond acceptors (Lipinski definition) is 7. The lowest BCUT2D eigenvalue weighted by atomic mass is 10.2. The summed E-state index contributed by atoms with van der Waals surface area (Å²) in [6, 6.07) is 8.92. The number of anilines is 1. The Morgan fingerprint density at radius 2 is 1.93 bits per heavy atom. The van der Waals surface area contributed by atoms with Crippen molar-refractivity contribution < 1.29 is 14.4 Å². The monoisotopic (exact) mass is 410 g/mol. The van der Waals surface area contributed by atoms with Crippen molar-refractivity contribution in [1.29, 1.82) is 0 Å². The van der Waals surface area contributed by atoms with Crippen molar-refractivity contribution in [2.45, 2.75) is 26.8 Å². The third-order valence-electron chi connectivity index (χ3n) is 4.40. The molecule has 0 radical (unpaired) electrons. The SMILES string of the molecule is Cc1cc(C)n2nc(CC(=O)Nc3ccc(CN4C(=O)CSC4=O)cc3)nc2n1. The maximum absolute atomic E-state index is 12.3. The fourth-order valence-electron chi connectivity index (χ4n) is 3.04. The van der Waals surface area contributed by atoms with Crippen LogP contribution < -0.4 is 5.32 Å². The Balaban J connectivity index is 1.39. The molecule has 1 aliphatic rings. The van der Waals surface area contributed by atoms with Gasteiger partial charge in [-0.15, -0.1) is 5.10 Å². The molecule has 1 N–H and O–H groups in total. The average Bonchev–Trinajstić information content (AvgIpc) is 3.21. The van der Waals surface area contributed by atoms with Crippen LogP contribution in [-0.2, 0) is 22.6 Å². The van der Waals surface area contributed by atoms with Gasteiger partial charge in [0.15, 0.2) is 5.82 Å². The van der Waals surface area contributed by atoms with Crippen molar-refractivity contribution in [3.05, 3.63) is 53.1 Å². The largest absolute Gasteiger partial charge is 0.326 e. The van der Waals surface area contributed by atoms with Crippen LogP contribution >= 0.6 is 11.8 Å². The highest BCUT2D eigenvalue weighted by Gasteiger charge is 2.29. The molecule has 3 aromatic rings. The summed E-state index contributed by atoms with van der Waals surface area (Å²) in [5, 5.41) is 6.90. The number of nitrogens with one attached hydrogen (secondary N) is 1. The molecule has 0 aliphatic carbocycles. The van der Waals surface area contributed by atoms with Gasteiger partial charge in [0, 0.05) is 17.1 Å². The quantitative estimate of drug-likeness (QED) is 0.686. The van der Waals surface area contributed by atoms with E-state index in [0.717, 1.165) is 28.7 Å². The molecule has 3 amide bonds. The lowest BCUT2D eigenvalue weighted by Gasteiger charge is -2.13. The summed E-state index contributed by atoms with van der Waals surface area (Å²) in [5.41, 5.74) is 3.16. The zero-order valence-electron chi connectivity index (χ0n) is 15.9. The molecule has 1 aliphatic heterocycles. The highest BCUT2D eigenvalue weighted by Crippen LogP contribution is 2.22. The Morgan fingerprint density at radius 3 is 2.62 bits per heavy atom. The van der Waals surface area contributed by atoms with Crippen LogP contribution in [0.3, 0.4) is 0 Å². The second-order valence-electron chi connectivity index (χ2n) is 6.74. The van der Waals surface area contributed by atoms with Crippen LogP contribution in [0, 0.1) is 13.8 Å². The summed E-state index contributed by atoms with van der Waals surface area (Å²) in [6.45, 7) is 4.02. The number of amides is 3. The molecule has 1 fully saturated rings. The standard InChI is InChI=1S/C19H18N6O3S/c1-11-7-12(2)25-18(20-11)22-15(23-25)8-16(26)21-14-5-3-13(4-6-14)9-24-17(27)10-29-19(24)28/h3-7H,8-10H2,1-2H3,(H,21,26). The minimum atomic E-state index is -0.246.